The lowest BCUT2D eigenvalue weighted by Crippen LogP contribution is -2.35. The monoisotopic (exact) mass is 408 g/mol. The molecular weight excluding hydrogens is 380 g/mol. The lowest BCUT2D eigenvalue weighted by molar-refractivity contribution is -0.121. The van der Waals surface area contributed by atoms with Crippen LogP contribution in [0.25, 0.3) is 0 Å². The molecule has 0 fully saturated rings. The van der Waals surface area contributed by atoms with E-state index in [1.165, 1.54) is 23.0 Å². The van der Waals surface area contributed by atoms with Crippen molar-refractivity contribution < 1.29 is 9.59 Å². The van der Waals surface area contributed by atoms with E-state index in [2.05, 4.69) is 22.0 Å². The molecule has 3 N–H and O–H groups in total. The van der Waals surface area contributed by atoms with Gasteiger partial charge >= 0.3 is 6.03 Å². The molecule has 0 saturated carbocycles. The molecule has 0 radical (unpaired) electrons. The van der Waals surface area contributed by atoms with Gasteiger partial charge in [-0.2, -0.15) is 0 Å². The Morgan fingerprint density at radius 3 is 2.57 bits per heavy atom. The second kappa shape index (κ2) is 10.4. The lowest BCUT2D eigenvalue weighted by atomic mass is 9.97. The van der Waals surface area contributed by atoms with Crippen molar-refractivity contribution in [1.29, 1.82) is 0 Å². The summed E-state index contributed by atoms with van der Waals surface area (Å²) in [5.74, 6) is -0.220. The molecule has 0 aliphatic heterocycles. The van der Waals surface area contributed by atoms with E-state index in [4.69, 9.17) is 0 Å². The molecule has 3 rings (SSSR count). The van der Waals surface area contributed by atoms with Crippen LogP contribution >= 0.6 is 0 Å². The van der Waals surface area contributed by atoms with Gasteiger partial charge in [0.05, 0.1) is 0 Å². The molecule has 0 unspecified atom stereocenters. The van der Waals surface area contributed by atoms with E-state index in [9.17, 15) is 14.4 Å². The summed E-state index contributed by atoms with van der Waals surface area (Å²) in [4.78, 5) is 37.3. The lowest BCUT2D eigenvalue weighted by Gasteiger charge is -2.15. The number of anilines is 2. The number of aryl methyl sites for hydroxylation is 1. The molecule has 0 saturated heterocycles. The number of hydrogen-bond acceptors (Lipinski definition) is 3. The fourth-order valence-electron chi connectivity index (χ4n) is 3.46. The first-order valence-corrected chi connectivity index (χ1v) is 10.3. The van der Waals surface area contributed by atoms with Gasteiger partial charge in [0.1, 0.15) is 12.2 Å². The van der Waals surface area contributed by atoms with Crippen LogP contribution in [0.4, 0.5) is 16.2 Å². The zero-order chi connectivity index (χ0) is 21.3. The Labute approximate surface area is 176 Å². The van der Waals surface area contributed by atoms with Crippen LogP contribution in [0.1, 0.15) is 37.8 Å². The quantitative estimate of drug-likeness (QED) is 0.608. The Morgan fingerprint density at radius 1 is 1.03 bits per heavy atom. The molecule has 7 nitrogen and oxygen atoms in total. The molecule has 0 bridgehead atoms. The van der Waals surface area contributed by atoms with Gasteiger partial charge < -0.3 is 20.5 Å². The normalized spacial score (nSPS) is 13.3. The number of carbonyl (C=O) groups is 2. The van der Waals surface area contributed by atoms with Gasteiger partial charge in [0.15, 0.2) is 0 Å². The van der Waals surface area contributed by atoms with Gasteiger partial charge in [-0.3, -0.25) is 9.59 Å². The van der Waals surface area contributed by atoms with E-state index in [-0.39, 0.29) is 18.1 Å². The number of hydrogen-bond donors (Lipinski definition) is 3. The third kappa shape index (κ3) is 6.07. The molecule has 1 heterocycles. The van der Waals surface area contributed by atoms with E-state index in [1.54, 1.807) is 43.3 Å². The van der Waals surface area contributed by atoms with Crippen LogP contribution in [0.5, 0.6) is 0 Å². The topological polar surface area (TPSA) is 92.2 Å². The van der Waals surface area contributed by atoms with Crippen LogP contribution in [-0.2, 0) is 11.3 Å². The van der Waals surface area contributed by atoms with Gasteiger partial charge in [0.25, 0.3) is 5.56 Å². The predicted molar refractivity (Wildman–Crippen MR) is 119 cm³/mol. The van der Waals surface area contributed by atoms with Gasteiger partial charge in [0, 0.05) is 17.9 Å². The molecule has 3 amide bonds. The van der Waals surface area contributed by atoms with Gasteiger partial charge in [-0.1, -0.05) is 29.8 Å². The molecule has 1 aliphatic rings. The zero-order valence-electron chi connectivity index (χ0n) is 17.2. The first-order valence-electron chi connectivity index (χ1n) is 10.3. The predicted octanol–water partition coefficient (Wildman–Crippen LogP) is 3.81. The number of allylic oxidation sites excluding steroid dienone is 1. The first-order chi connectivity index (χ1) is 14.5. The smallest absolute Gasteiger partial charge is 0.323 e. The second-order valence-corrected chi connectivity index (χ2v) is 7.43. The molecular formula is C23H28N4O3. The Hall–Kier alpha value is -3.35. The largest absolute Gasteiger partial charge is 0.354 e. The minimum absolute atomic E-state index is 0.0838. The Balaban J connectivity index is 1.58. The maximum absolute atomic E-state index is 12.8. The molecule has 1 aliphatic carbocycles. The minimum atomic E-state index is -0.515. The number of rotatable bonds is 7. The summed E-state index contributed by atoms with van der Waals surface area (Å²) in [6.45, 7) is 2.24. The summed E-state index contributed by atoms with van der Waals surface area (Å²) in [5.41, 5.74) is 2.37. The molecule has 158 valence electrons. The van der Waals surface area contributed by atoms with Gasteiger partial charge in [0.2, 0.25) is 5.91 Å². The molecule has 7 heteroatoms. The number of urea groups is 1. The van der Waals surface area contributed by atoms with Crippen molar-refractivity contribution in [2.45, 2.75) is 45.6 Å². The third-order valence-corrected chi connectivity index (χ3v) is 5.13. The summed E-state index contributed by atoms with van der Waals surface area (Å²) < 4.78 is 1.37. The van der Waals surface area contributed by atoms with E-state index < -0.39 is 11.6 Å². The van der Waals surface area contributed by atoms with Crippen LogP contribution in [0.2, 0.25) is 0 Å². The summed E-state index contributed by atoms with van der Waals surface area (Å²) in [7, 11) is 0. The van der Waals surface area contributed by atoms with E-state index in [0.717, 1.165) is 19.3 Å². The van der Waals surface area contributed by atoms with E-state index in [0.29, 0.717) is 17.9 Å². The van der Waals surface area contributed by atoms with E-state index >= 15 is 0 Å². The molecule has 2 aromatic rings. The molecule has 0 spiro atoms. The molecule has 30 heavy (non-hydrogen) atoms. The standard InChI is InChI=1S/C23H28N4O3/c1-17-12-13-20(26-23(30)25-19-10-6-3-7-11-19)22(29)27(17)16-21(28)24-15-14-18-8-4-2-5-9-18/h3,6-8,10-13H,2,4-5,9,14-16H2,1H3,(H,24,28)(H2,25,26,30). The highest BCUT2D eigenvalue weighted by Crippen LogP contribution is 2.19. The summed E-state index contributed by atoms with van der Waals surface area (Å²) >= 11 is 0. The SMILES string of the molecule is Cc1ccc(NC(=O)Nc2ccccc2)c(=O)n1CC(=O)NCCC1=CCCCC1. The number of benzene rings is 1. The number of pyridine rings is 1. The highest BCUT2D eigenvalue weighted by molar-refractivity contribution is 5.99. The number of nitrogens with one attached hydrogen (secondary N) is 3. The van der Waals surface area contributed by atoms with Crippen molar-refractivity contribution in [3.63, 3.8) is 0 Å². The Kier molecular flexibility index (Phi) is 7.43. The highest BCUT2D eigenvalue weighted by atomic mass is 16.2. The summed E-state index contributed by atoms with van der Waals surface area (Å²) in [6.07, 6.45) is 7.79. The number of nitrogens with zero attached hydrogens (tertiary/aromatic N) is 1. The van der Waals surface area contributed by atoms with Crippen molar-refractivity contribution in [1.82, 2.24) is 9.88 Å². The Morgan fingerprint density at radius 2 is 1.83 bits per heavy atom. The van der Waals surface area contributed by atoms with Gasteiger partial charge in [-0.05, 0) is 63.3 Å². The van der Waals surface area contributed by atoms with Crippen molar-refractivity contribution in [2.24, 2.45) is 0 Å². The van der Waals surface area contributed by atoms with Crippen molar-refractivity contribution in [3.05, 3.63) is 70.2 Å². The average molecular weight is 409 g/mol. The molecule has 1 aromatic carbocycles. The average Bonchev–Trinajstić information content (AvgIpc) is 2.75. The van der Waals surface area contributed by atoms with Crippen LogP contribution in [0.15, 0.2) is 58.9 Å². The maximum atomic E-state index is 12.8. The summed E-state index contributed by atoms with van der Waals surface area (Å²) in [5, 5.41) is 8.12. The number of aromatic nitrogens is 1. The fourth-order valence-corrected chi connectivity index (χ4v) is 3.46. The van der Waals surface area contributed by atoms with Crippen LogP contribution in [0, 0.1) is 6.92 Å². The minimum Gasteiger partial charge on any atom is -0.354 e. The van der Waals surface area contributed by atoms with E-state index in [1.807, 2.05) is 6.07 Å². The fraction of sp³-hybridized carbons (Fsp3) is 0.348. The number of amides is 3. The van der Waals surface area contributed by atoms with Crippen LogP contribution in [0.3, 0.4) is 0 Å². The van der Waals surface area contributed by atoms with Crippen molar-refractivity contribution >= 4 is 23.3 Å². The number of carbonyl (C=O) groups excluding carboxylic acids is 2. The zero-order valence-corrected chi connectivity index (χ0v) is 17.2. The van der Waals surface area contributed by atoms with Crippen LogP contribution in [-0.4, -0.2) is 23.1 Å². The van der Waals surface area contributed by atoms with Crippen molar-refractivity contribution in [2.75, 3.05) is 17.2 Å². The van der Waals surface area contributed by atoms with Gasteiger partial charge in [-0.25, -0.2) is 4.79 Å². The Bertz CT molecular complexity index is 980. The highest BCUT2D eigenvalue weighted by Gasteiger charge is 2.13. The molecule has 1 aromatic heterocycles. The summed E-state index contributed by atoms with van der Waals surface area (Å²) in [6, 6.07) is 11.7. The van der Waals surface area contributed by atoms with Gasteiger partial charge in [-0.15, -0.1) is 0 Å². The molecule has 0 atom stereocenters. The van der Waals surface area contributed by atoms with Crippen molar-refractivity contribution in [3.8, 4) is 0 Å². The second-order valence-electron chi connectivity index (χ2n) is 7.43. The third-order valence-electron chi connectivity index (χ3n) is 5.13. The number of para-hydroxylation sites is 1. The van der Waals surface area contributed by atoms with Crippen LogP contribution < -0.4 is 21.5 Å². The first kappa shape index (κ1) is 21.4. The maximum Gasteiger partial charge on any atom is 0.323 e.